The molecule has 0 saturated heterocycles. The van der Waals surface area contributed by atoms with Crippen LogP contribution in [0.1, 0.15) is 30.7 Å². The lowest BCUT2D eigenvalue weighted by Crippen LogP contribution is -2.03. The van der Waals surface area contributed by atoms with Crippen LogP contribution in [0.25, 0.3) is 0 Å². The minimum absolute atomic E-state index is 0.174. The van der Waals surface area contributed by atoms with Gasteiger partial charge >= 0.3 is 0 Å². The van der Waals surface area contributed by atoms with Crippen LogP contribution >= 0.6 is 15.9 Å². The summed E-state index contributed by atoms with van der Waals surface area (Å²) in [5.74, 6) is 0.579. The van der Waals surface area contributed by atoms with Crippen LogP contribution in [0, 0.1) is 0 Å². The Morgan fingerprint density at radius 3 is 2.46 bits per heavy atom. The molecule has 0 aromatic heterocycles. The normalized spacial score (nSPS) is 22.2. The lowest BCUT2D eigenvalue weighted by Gasteiger charge is -2.07. The van der Waals surface area contributed by atoms with Crippen molar-refractivity contribution in [2.45, 2.75) is 25.2 Å². The van der Waals surface area contributed by atoms with E-state index in [1.165, 1.54) is 5.56 Å². The van der Waals surface area contributed by atoms with Crippen molar-refractivity contribution in [2.75, 3.05) is 0 Å². The fourth-order valence-electron chi connectivity index (χ4n) is 1.86. The van der Waals surface area contributed by atoms with Gasteiger partial charge in [-0.1, -0.05) is 28.1 Å². The van der Waals surface area contributed by atoms with Gasteiger partial charge in [-0.2, -0.15) is 0 Å². The Morgan fingerprint density at radius 2 is 1.92 bits per heavy atom. The second kappa shape index (κ2) is 3.62. The molecule has 1 aromatic rings. The fraction of sp³-hybridized carbons (Fsp3) is 0.364. The Bertz CT molecular complexity index is 315. The summed E-state index contributed by atoms with van der Waals surface area (Å²) in [6.07, 6.45) is 2.85. The summed E-state index contributed by atoms with van der Waals surface area (Å²) in [6, 6.07) is 8.08. The van der Waals surface area contributed by atoms with E-state index in [4.69, 9.17) is 0 Å². The molecular weight excluding hydrogens is 228 g/mol. The average Bonchev–Trinajstić information content (AvgIpc) is 2.53. The van der Waals surface area contributed by atoms with Crippen LogP contribution in [0.4, 0.5) is 0 Å². The Morgan fingerprint density at radius 1 is 1.23 bits per heavy atom. The van der Waals surface area contributed by atoms with Crippen molar-refractivity contribution in [3.05, 3.63) is 34.3 Å². The highest BCUT2D eigenvalue weighted by Gasteiger charge is 2.25. The summed E-state index contributed by atoms with van der Waals surface area (Å²) in [7, 11) is 0. The number of hydrogen-bond acceptors (Lipinski definition) is 1. The maximum Gasteiger partial charge on any atom is 0.140 e. The first-order chi connectivity index (χ1) is 6.27. The predicted octanol–water partition coefficient (Wildman–Crippen LogP) is 3.29. The van der Waals surface area contributed by atoms with Crippen molar-refractivity contribution in [1.82, 2.24) is 0 Å². The Kier molecular flexibility index (Phi) is 2.49. The van der Waals surface area contributed by atoms with E-state index in [0.717, 1.165) is 23.7 Å². The van der Waals surface area contributed by atoms with Crippen molar-refractivity contribution in [2.24, 2.45) is 0 Å². The van der Waals surface area contributed by atoms with E-state index in [2.05, 4.69) is 15.9 Å². The van der Waals surface area contributed by atoms with Gasteiger partial charge in [0.15, 0.2) is 0 Å². The molecule has 1 fully saturated rings. The monoisotopic (exact) mass is 238 g/mol. The summed E-state index contributed by atoms with van der Waals surface area (Å²) in [4.78, 5) is 11.4. The number of Topliss-reactive ketones (excluding diaryl/α,β-unsaturated/α-hetero) is 1. The van der Waals surface area contributed by atoms with E-state index in [-0.39, 0.29) is 5.92 Å². The molecule has 0 amide bonds. The quantitative estimate of drug-likeness (QED) is 0.734. The molecule has 0 spiro atoms. The van der Waals surface area contributed by atoms with Crippen LogP contribution in [0.3, 0.4) is 0 Å². The van der Waals surface area contributed by atoms with Crippen LogP contribution in [0.15, 0.2) is 28.7 Å². The van der Waals surface area contributed by atoms with Gasteiger partial charge in [0.1, 0.15) is 5.78 Å². The molecule has 0 N–H and O–H groups in total. The van der Waals surface area contributed by atoms with E-state index in [9.17, 15) is 4.79 Å². The highest BCUT2D eigenvalue weighted by atomic mass is 79.9. The number of halogens is 1. The van der Waals surface area contributed by atoms with Gasteiger partial charge in [0.05, 0.1) is 0 Å². The maximum absolute atomic E-state index is 11.4. The van der Waals surface area contributed by atoms with E-state index in [1.807, 2.05) is 24.3 Å². The smallest absolute Gasteiger partial charge is 0.140 e. The molecule has 0 heterocycles. The second-order valence-electron chi connectivity index (χ2n) is 3.46. The predicted molar refractivity (Wildman–Crippen MR) is 55.7 cm³/mol. The number of benzene rings is 1. The number of carbonyl (C=O) groups excluding carboxylic acids is 1. The van der Waals surface area contributed by atoms with Gasteiger partial charge in [-0.05, 0) is 30.5 Å². The zero-order valence-electron chi connectivity index (χ0n) is 7.29. The Labute approximate surface area is 86.3 Å². The summed E-state index contributed by atoms with van der Waals surface area (Å²) in [5, 5.41) is 0. The van der Waals surface area contributed by atoms with Crippen LogP contribution in [0.2, 0.25) is 0 Å². The van der Waals surface area contributed by atoms with Crippen LogP contribution in [-0.2, 0) is 4.79 Å². The largest absolute Gasteiger partial charge is 0.299 e. The molecule has 1 saturated carbocycles. The van der Waals surface area contributed by atoms with E-state index in [0.29, 0.717) is 5.78 Å². The molecule has 1 atom stereocenters. The summed E-state index contributed by atoms with van der Waals surface area (Å²) in [6.45, 7) is 0. The molecule has 2 heteroatoms. The molecule has 1 unspecified atom stereocenters. The molecule has 0 aliphatic heterocycles. The minimum Gasteiger partial charge on any atom is -0.299 e. The lowest BCUT2D eigenvalue weighted by atomic mass is 9.97. The standard InChI is InChI=1S/C11H11BrO/c12-9-6-4-8(5-7-9)10-2-1-3-11(10)13/h4-7,10H,1-3H2. The molecule has 0 radical (unpaired) electrons. The van der Waals surface area contributed by atoms with Crippen LogP contribution < -0.4 is 0 Å². The third-order valence-electron chi connectivity index (χ3n) is 2.58. The first-order valence-electron chi connectivity index (χ1n) is 4.55. The highest BCUT2D eigenvalue weighted by molar-refractivity contribution is 9.10. The molecule has 1 aromatic carbocycles. The molecule has 68 valence electrons. The summed E-state index contributed by atoms with van der Waals surface area (Å²) >= 11 is 3.38. The number of ketones is 1. The van der Waals surface area contributed by atoms with Crippen molar-refractivity contribution in [3.8, 4) is 0 Å². The zero-order chi connectivity index (χ0) is 9.26. The van der Waals surface area contributed by atoms with Gasteiger partial charge in [-0.25, -0.2) is 0 Å². The van der Waals surface area contributed by atoms with Crippen molar-refractivity contribution < 1.29 is 4.79 Å². The lowest BCUT2D eigenvalue weighted by molar-refractivity contribution is -0.118. The van der Waals surface area contributed by atoms with Gasteiger partial charge in [0.2, 0.25) is 0 Å². The van der Waals surface area contributed by atoms with E-state index < -0.39 is 0 Å². The van der Waals surface area contributed by atoms with Gasteiger partial charge in [0.25, 0.3) is 0 Å². The minimum atomic E-state index is 0.174. The molecule has 13 heavy (non-hydrogen) atoms. The van der Waals surface area contributed by atoms with E-state index in [1.54, 1.807) is 0 Å². The third-order valence-corrected chi connectivity index (χ3v) is 3.11. The third kappa shape index (κ3) is 1.83. The Hall–Kier alpha value is -0.630. The zero-order valence-corrected chi connectivity index (χ0v) is 8.88. The molecule has 0 bridgehead atoms. The maximum atomic E-state index is 11.4. The van der Waals surface area contributed by atoms with Gasteiger partial charge in [-0.3, -0.25) is 4.79 Å². The van der Waals surface area contributed by atoms with Gasteiger partial charge in [-0.15, -0.1) is 0 Å². The molecule has 1 aliphatic rings. The number of carbonyl (C=O) groups is 1. The van der Waals surface area contributed by atoms with Gasteiger partial charge < -0.3 is 0 Å². The number of hydrogen-bond donors (Lipinski definition) is 0. The van der Waals surface area contributed by atoms with E-state index >= 15 is 0 Å². The molecular formula is C11H11BrO. The van der Waals surface area contributed by atoms with Crippen molar-refractivity contribution >= 4 is 21.7 Å². The molecule has 2 rings (SSSR count). The SMILES string of the molecule is O=C1CCCC1c1ccc(Br)cc1. The first-order valence-corrected chi connectivity index (χ1v) is 5.35. The average molecular weight is 239 g/mol. The number of rotatable bonds is 1. The van der Waals surface area contributed by atoms with Crippen molar-refractivity contribution in [3.63, 3.8) is 0 Å². The van der Waals surface area contributed by atoms with Gasteiger partial charge in [0, 0.05) is 16.8 Å². The highest BCUT2D eigenvalue weighted by Crippen LogP contribution is 2.31. The second-order valence-corrected chi connectivity index (χ2v) is 4.38. The summed E-state index contributed by atoms with van der Waals surface area (Å²) in [5.41, 5.74) is 1.17. The topological polar surface area (TPSA) is 17.1 Å². The first kappa shape index (κ1) is 8.95. The fourth-order valence-corrected chi connectivity index (χ4v) is 2.13. The van der Waals surface area contributed by atoms with Crippen LogP contribution in [0.5, 0.6) is 0 Å². The summed E-state index contributed by atoms with van der Waals surface area (Å²) < 4.78 is 1.07. The van der Waals surface area contributed by atoms with Crippen LogP contribution in [-0.4, -0.2) is 5.78 Å². The molecule has 1 aliphatic carbocycles. The Balaban J connectivity index is 2.25. The molecule has 1 nitrogen and oxygen atoms in total. The van der Waals surface area contributed by atoms with Crippen molar-refractivity contribution in [1.29, 1.82) is 0 Å².